The summed E-state index contributed by atoms with van der Waals surface area (Å²) in [7, 11) is 0. The fourth-order valence-corrected chi connectivity index (χ4v) is 4.18. The fourth-order valence-electron chi connectivity index (χ4n) is 2.77. The molecule has 2 amide bonds. The van der Waals surface area contributed by atoms with E-state index in [2.05, 4.69) is 10.6 Å². The molecule has 4 rings (SSSR count). The number of carbonyl (C=O) groups excluding carboxylic acids is 2. The molecule has 4 aromatic rings. The lowest BCUT2D eigenvalue weighted by molar-refractivity contribution is 0.0946. The van der Waals surface area contributed by atoms with E-state index in [9.17, 15) is 9.59 Å². The molecule has 2 aromatic carbocycles. The molecule has 5 nitrogen and oxygen atoms in total. The monoisotopic (exact) mass is 410 g/mol. The van der Waals surface area contributed by atoms with Gasteiger partial charge in [0.15, 0.2) is 0 Å². The van der Waals surface area contributed by atoms with Gasteiger partial charge in [-0.15, -0.1) is 11.3 Å². The van der Waals surface area contributed by atoms with E-state index in [4.69, 9.17) is 16.0 Å². The molecule has 28 heavy (non-hydrogen) atoms. The normalized spacial score (nSPS) is 10.8. The van der Waals surface area contributed by atoms with E-state index >= 15 is 0 Å². The Kier molecular flexibility index (Phi) is 5.14. The lowest BCUT2D eigenvalue weighted by Crippen LogP contribution is -2.22. The molecule has 0 aliphatic heterocycles. The summed E-state index contributed by atoms with van der Waals surface area (Å²) in [6.45, 7) is 0.291. The van der Waals surface area contributed by atoms with Crippen LogP contribution in [0.1, 0.15) is 25.8 Å². The van der Waals surface area contributed by atoms with Gasteiger partial charge in [0.2, 0.25) is 0 Å². The van der Waals surface area contributed by atoms with Crippen LogP contribution in [0.15, 0.2) is 71.3 Å². The zero-order chi connectivity index (χ0) is 19.5. The number of nitrogens with one attached hydrogen (secondary N) is 2. The quantitative estimate of drug-likeness (QED) is 0.467. The maximum atomic E-state index is 12.7. The Morgan fingerprint density at radius 2 is 1.86 bits per heavy atom. The summed E-state index contributed by atoms with van der Waals surface area (Å²) < 4.78 is 6.15. The number of fused-ring (bicyclic) bond motifs is 1. The second kappa shape index (κ2) is 7.88. The molecule has 2 N–H and O–H groups in total. The SMILES string of the molecule is O=C(NCc1ccco1)c1cccc(NC(=O)c2sc3ccccc3c2Cl)c1. The Labute approximate surface area is 169 Å². The van der Waals surface area contributed by atoms with Crippen molar-refractivity contribution in [3.8, 4) is 0 Å². The molecule has 0 aliphatic rings. The van der Waals surface area contributed by atoms with Crippen LogP contribution in [0.3, 0.4) is 0 Å². The summed E-state index contributed by atoms with van der Waals surface area (Å²) >= 11 is 7.70. The van der Waals surface area contributed by atoms with Crippen LogP contribution in [0.25, 0.3) is 10.1 Å². The summed E-state index contributed by atoms with van der Waals surface area (Å²) in [5, 5.41) is 6.88. The molecule has 0 unspecified atom stereocenters. The number of amides is 2. The van der Waals surface area contributed by atoms with Crippen molar-refractivity contribution in [3.63, 3.8) is 0 Å². The molecule has 0 saturated heterocycles. The van der Waals surface area contributed by atoms with Gasteiger partial charge in [-0.25, -0.2) is 0 Å². The lowest BCUT2D eigenvalue weighted by atomic mass is 10.2. The zero-order valence-electron chi connectivity index (χ0n) is 14.6. The smallest absolute Gasteiger partial charge is 0.267 e. The highest BCUT2D eigenvalue weighted by Crippen LogP contribution is 2.35. The summed E-state index contributed by atoms with van der Waals surface area (Å²) in [4.78, 5) is 25.4. The number of furan rings is 1. The number of halogens is 1. The minimum Gasteiger partial charge on any atom is -0.467 e. The second-order valence-corrected chi connectivity index (χ2v) is 7.47. The lowest BCUT2D eigenvalue weighted by Gasteiger charge is -2.07. The molecular formula is C21H15ClN2O3S. The Morgan fingerprint density at radius 1 is 1.00 bits per heavy atom. The maximum absolute atomic E-state index is 12.7. The standard InChI is InChI=1S/C21H15ClN2O3S/c22-18-16-8-1-2-9-17(16)28-19(18)21(26)24-14-6-3-5-13(11-14)20(25)23-12-15-7-4-10-27-15/h1-11H,12H2,(H,23,25)(H,24,26). The Morgan fingerprint density at radius 3 is 2.64 bits per heavy atom. The van der Waals surface area contributed by atoms with E-state index in [-0.39, 0.29) is 11.8 Å². The number of hydrogen-bond donors (Lipinski definition) is 2. The highest BCUT2D eigenvalue weighted by atomic mass is 35.5. The molecule has 2 aromatic heterocycles. The fraction of sp³-hybridized carbons (Fsp3) is 0.0476. The van der Waals surface area contributed by atoms with Crippen LogP contribution < -0.4 is 10.6 Å². The van der Waals surface area contributed by atoms with Crippen LogP contribution in [-0.4, -0.2) is 11.8 Å². The van der Waals surface area contributed by atoms with Crippen LogP contribution >= 0.6 is 22.9 Å². The average Bonchev–Trinajstić information content (AvgIpc) is 3.35. The van der Waals surface area contributed by atoms with Crippen LogP contribution in [0.2, 0.25) is 5.02 Å². The Bertz CT molecular complexity index is 1150. The molecule has 0 fully saturated rings. The summed E-state index contributed by atoms with van der Waals surface area (Å²) in [6, 6.07) is 17.9. The highest BCUT2D eigenvalue weighted by Gasteiger charge is 2.17. The highest BCUT2D eigenvalue weighted by molar-refractivity contribution is 7.21. The first-order valence-corrected chi connectivity index (χ1v) is 9.70. The Balaban J connectivity index is 1.48. The van der Waals surface area contributed by atoms with Crippen LogP contribution in [-0.2, 0) is 6.54 Å². The van der Waals surface area contributed by atoms with Gasteiger partial charge in [0.1, 0.15) is 10.6 Å². The number of hydrogen-bond acceptors (Lipinski definition) is 4. The van der Waals surface area contributed by atoms with E-state index < -0.39 is 0 Å². The van der Waals surface area contributed by atoms with Crippen molar-refractivity contribution in [3.05, 3.63) is 88.2 Å². The van der Waals surface area contributed by atoms with Crippen molar-refractivity contribution in [2.75, 3.05) is 5.32 Å². The molecule has 2 heterocycles. The van der Waals surface area contributed by atoms with Crippen molar-refractivity contribution in [2.24, 2.45) is 0 Å². The van der Waals surface area contributed by atoms with Crippen molar-refractivity contribution in [2.45, 2.75) is 6.54 Å². The van der Waals surface area contributed by atoms with Gasteiger partial charge < -0.3 is 15.1 Å². The maximum Gasteiger partial charge on any atom is 0.267 e. The Hall–Kier alpha value is -3.09. The van der Waals surface area contributed by atoms with Gasteiger partial charge in [-0.3, -0.25) is 9.59 Å². The third-order valence-electron chi connectivity index (χ3n) is 4.13. The summed E-state index contributed by atoms with van der Waals surface area (Å²) in [5.74, 6) is 0.101. The number of anilines is 1. The van der Waals surface area contributed by atoms with E-state index in [1.54, 1.807) is 42.7 Å². The van der Waals surface area contributed by atoms with Gasteiger partial charge in [-0.05, 0) is 36.4 Å². The molecule has 7 heteroatoms. The predicted molar refractivity (Wildman–Crippen MR) is 111 cm³/mol. The third-order valence-corrected chi connectivity index (χ3v) is 5.80. The summed E-state index contributed by atoms with van der Waals surface area (Å²) in [6.07, 6.45) is 1.55. The molecular weight excluding hydrogens is 396 g/mol. The predicted octanol–water partition coefficient (Wildman–Crippen LogP) is 5.33. The first-order valence-electron chi connectivity index (χ1n) is 8.51. The average molecular weight is 411 g/mol. The molecule has 0 spiro atoms. The molecule has 0 saturated carbocycles. The van der Waals surface area contributed by atoms with Crippen molar-refractivity contribution in [1.82, 2.24) is 5.32 Å². The number of carbonyl (C=O) groups is 2. The van der Waals surface area contributed by atoms with E-state index in [1.807, 2.05) is 24.3 Å². The van der Waals surface area contributed by atoms with Gasteiger partial charge >= 0.3 is 0 Å². The number of thiophene rings is 1. The van der Waals surface area contributed by atoms with Gasteiger partial charge in [0.25, 0.3) is 11.8 Å². The first kappa shape index (κ1) is 18.3. The third kappa shape index (κ3) is 3.78. The van der Waals surface area contributed by atoms with Gasteiger partial charge in [-0.2, -0.15) is 0 Å². The van der Waals surface area contributed by atoms with Crippen LogP contribution in [0.5, 0.6) is 0 Å². The molecule has 0 radical (unpaired) electrons. The zero-order valence-corrected chi connectivity index (χ0v) is 16.1. The minimum atomic E-state index is -0.306. The molecule has 0 bridgehead atoms. The number of rotatable bonds is 5. The minimum absolute atomic E-state index is 0.257. The molecule has 140 valence electrons. The second-order valence-electron chi connectivity index (χ2n) is 6.04. The van der Waals surface area contributed by atoms with Crippen molar-refractivity contribution in [1.29, 1.82) is 0 Å². The first-order chi connectivity index (χ1) is 13.6. The van der Waals surface area contributed by atoms with Crippen LogP contribution in [0.4, 0.5) is 5.69 Å². The van der Waals surface area contributed by atoms with Gasteiger partial charge in [0.05, 0.1) is 17.8 Å². The van der Waals surface area contributed by atoms with Crippen molar-refractivity contribution >= 4 is 50.5 Å². The number of benzene rings is 2. The van der Waals surface area contributed by atoms with E-state index in [0.717, 1.165) is 10.1 Å². The molecule has 0 aliphatic carbocycles. The molecule has 0 atom stereocenters. The van der Waals surface area contributed by atoms with E-state index in [1.165, 1.54) is 11.3 Å². The van der Waals surface area contributed by atoms with E-state index in [0.29, 0.717) is 33.5 Å². The van der Waals surface area contributed by atoms with Gasteiger partial charge in [0, 0.05) is 21.3 Å². The largest absolute Gasteiger partial charge is 0.467 e. The topological polar surface area (TPSA) is 71.3 Å². The summed E-state index contributed by atoms with van der Waals surface area (Å²) in [5.41, 5.74) is 0.955. The van der Waals surface area contributed by atoms with Crippen molar-refractivity contribution < 1.29 is 14.0 Å². The van der Waals surface area contributed by atoms with Gasteiger partial charge in [-0.1, -0.05) is 35.9 Å². The van der Waals surface area contributed by atoms with Crippen LogP contribution in [0, 0.1) is 0 Å².